The molecular weight excluding hydrogens is 340 g/mol. The van der Waals surface area contributed by atoms with E-state index < -0.39 is 0 Å². The lowest BCUT2D eigenvalue weighted by Crippen LogP contribution is -2.43. The Morgan fingerprint density at radius 2 is 1.88 bits per heavy atom. The van der Waals surface area contributed by atoms with Crippen LogP contribution in [0.4, 0.5) is 0 Å². The van der Waals surface area contributed by atoms with E-state index in [4.69, 9.17) is 9.47 Å². The summed E-state index contributed by atoms with van der Waals surface area (Å²) < 4.78 is 10.8. The van der Waals surface area contributed by atoms with Crippen LogP contribution in [0.3, 0.4) is 0 Å². The van der Waals surface area contributed by atoms with Crippen LogP contribution in [0, 0.1) is 0 Å². The normalized spacial score (nSPS) is 14.6. The fourth-order valence-corrected chi connectivity index (χ4v) is 2.96. The van der Waals surface area contributed by atoms with Crippen LogP contribution < -0.4 is 10.1 Å². The molecule has 5 nitrogen and oxygen atoms in total. The van der Waals surface area contributed by atoms with E-state index in [0.29, 0.717) is 19.1 Å². The van der Waals surface area contributed by atoms with Crippen LogP contribution in [0.2, 0.25) is 0 Å². The first kappa shape index (κ1) is 21.7. The molecule has 6 heteroatoms. The number of carbonyl (C=O) groups is 1. The third kappa shape index (κ3) is 7.63. The summed E-state index contributed by atoms with van der Waals surface area (Å²) in [6, 6.07) is 8.47. The molecule has 1 aliphatic heterocycles. The highest BCUT2D eigenvalue weighted by Gasteiger charge is 2.21. The minimum Gasteiger partial charge on any atom is -0.494 e. The van der Waals surface area contributed by atoms with Crippen LogP contribution in [0.1, 0.15) is 31.2 Å². The zero-order valence-corrected chi connectivity index (χ0v) is 16.1. The first-order chi connectivity index (χ1) is 11.7. The number of hydrogen-bond acceptors (Lipinski definition) is 4. The lowest BCUT2D eigenvalue weighted by atomic mass is 10.0. The number of nitrogens with zero attached hydrogens (tertiary/aromatic N) is 1. The second kappa shape index (κ2) is 12.1. The van der Waals surface area contributed by atoms with Gasteiger partial charge in [0.2, 0.25) is 5.91 Å². The minimum absolute atomic E-state index is 0. The molecule has 1 aromatic rings. The molecule has 1 fully saturated rings. The zero-order valence-electron chi connectivity index (χ0n) is 15.3. The summed E-state index contributed by atoms with van der Waals surface area (Å²) in [6.07, 6.45) is 4.31. The van der Waals surface area contributed by atoms with Crippen molar-refractivity contribution in [3.63, 3.8) is 0 Å². The number of methoxy groups -OCH3 is 1. The van der Waals surface area contributed by atoms with Gasteiger partial charge in [0.25, 0.3) is 0 Å². The van der Waals surface area contributed by atoms with E-state index in [1.54, 1.807) is 7.11 Å². The van der Waals surface area contributed by atoms with Crippen molar-refractivity contribution in [3.8, 4) is 5.75 Å². The highest BCUT2D eigenvalue weighted by molar-refractivity contribution is 5.85. The van der Waals surface area contributed by atoms with E-state index in [1.807, 2.05) is 24.1 Å². The third-order valence-electron chi connectivity index (χ3n) is 4.57. The van der Waals surface area contributed by atoms with Gasteiger partial charge >= 0.3 is 0 Å². The molecule has 1 heterocycles. The van der Waals surface area contributed by atoms with Gasteiger partial charge in [-0.2, -0.15) is 0 Å². The average Bonchev–Trinajstić information content (AvgIpc) is 2.64. The SMILES string of the molecule is COCCc1ccc(OCCCC(=O)N(C)C2CCNCC2)cc1.Cl. The summed E-state index contributed by atoms with van der Waals surface area (Å²) in [6.45, 7) is 3.31. The van der Waals surface area contributed by atoms with Crippen LogP contribution in [0.25, 0.3) is 0 Å². The molecule has 1 saturated heterocycles. The van der Waals surface area contributed by atoms with Crippen molar-refractivity contribution in [1.82, 2.24) is 10.2 Å². The van der Waals surface area contributed by atoms with Gasteiger partial charge in [-0.1, -0.05) is 12.1 Å². The number of piperidine rings is 1. The molecule has 0 spiro atoms. The number of ether oxygens (including phenoxy) is 2. The molecule has 0 radical (unpaired) electrons. The second-order valence-electron chi connectivity index (χ2n) is 6.32. The molecule has 0 saturated carbocycles. The van der Waals surface area contributed by atoms with E-state index in [-0.39, 0.29) is 18.3 Å². The lowest BCUT2D eigenvalue weighted by molar-refractivity contribution is -0.132. The maximum Gasteiger partial charge on any atom is 0.222 e. The number of benzene rings is 1. The maximum atomic E-state index is 12.2. The molecule has 25 heavy (non-hydrogen) atoms. The van der Waals surface area contributed by atoms with Crippen molar-refractivity contribution in [3.05, 3.63) is 29.8 Å². The predicted molar refractivity (Wildman–Crippen MR) is 103 cm³/mol. The van der Waals surface area contributed by atoms with Crippen molar-refractivity contribution in [2.24, 2.45) is 0 Å². The molecule has 142 valence electrons. The number of amides is 1. The standard InChI is InChI=1S/C19H30N2O3.ClH/c1-21(17-9-12-20-13-10-17)19(22)4-3-14-24-18-7-5-16(6-8-18)11-15-23-2;/h5-8,17,20H,3-4,9-15H2,1-2H3;1H. The molecule has 1 N–H and O–H groups in total. The van der Waals surface area contributed by atoms with Gasteiger partial charge in [-0.3, -0.25) is 4.79 Å². The molecule has 0 unspecified atom stereocenters. The largest absolute Gasteiger partial charge is 0.494 e. The van der Waals surface area contributed by atoms with Gasteiger partial charge in [0.15, 0.2) is 0 Å². The van der Waals surface area contributed by atoms with E-state index in [9.17, 15) is 4.79 Å². The summed E-state index contributed by atoms with van der Waals surface area (Å²) in [5.74, 6) is 1.08. The Bertz CT molecular complexity index is 490. The highest BCUT2D eigenvalue weighted by Crippen LogP contribution is 2.14. The Morgan fingerprint density at radius 1 is 1.20 bits per heavy atom. The fraction of sp³-hybridized carbons (Fsp3) is 0.632. The fourth-order valence-electron chi connectivity index (χ4n) is 2.96. The first-order valence-corrected chi connectivity index (χ1v) is 8.87. The summed E-state index contributed by atoms with van der Waals surface area (Å²) >= 11 is 0. The highest BCUT2D eigenvalue weighted by atomic mass is 35.5. The van der Waals surface area contributed by atoms with Crippen LogP contribution in [0.15, 0.2) is 24.3 Å². The van der Waals surface area contributed by atoms with Gasteiger partial charge in [-0.05, 0) is 56.5 Å². The number of carbonyl (C=O) groups excluding carboxylic acids is 1. The lowest BCUT2D eigenvalue weighted by Gasteiger charge is -2.31. The summed E-state index contributed by atoms with van der Waals surface area (Å²) in [5, 5.41) is 3.33. The van der Waals surface area contributed by atoms with Gasteiger partial charge in [-0.25, -0.2) is 0 Å². The molecule has 0 aliphatic carbocycles. The Labute approximate surface area is 157 Å². The predicted octanol–water partition coefficient (Wildman–Crippen LogP) is 2.67. The smallest absolute Gasteiger partial charge is 0.222 e. The topological polar surface area (TPSA) is 50.8 Å². The van der Waals surface area contributed by atoms with Gasteiger partial charge in [0.1, 0.15) is 5.75 Å². The number of nitrogens with one attached hydrogen (secondary N) is 1. The van der Waals surface area contributed by atoms with E-state index in [1.165, 1.54) is 5.56 Å². The van der Waals surface area contributed by atoms with E-state index in [0.717, 1.165) is 51.1 Å². The summed E-state index contributed by atoms with van der Waals surface area (Å²) in [4.78, 5) is 14.2. The second-order valence-corrected chi connectivity index (χ2v) is 6.32. The van der Waals surface area contributed by atoms with Crippen LogP contribution in [0.5, 0.6) is 5.75 Å². The maximum absolute atomic E-state index is 12.2. The molecular formula is C19H31ClN2O3. The molecule has 0 atom stereocenters. The monoisotopic (exact) mass is 370 g/mol. The van der Waals surface area contributed by atoms with Gasteiger partial charge < -0.3 is 19.7 Å². The Morgan fingerprint density at radius 3 is 2.52 bits per heavy atom. The number of hydrogen-bond donors (Lipinski definition) is 1. The Balaban J connectivity index is 0.00000312. The van der Waals surface area contributed by atoms with E-state index in [2.05, 4.69) is 17.4 Å². The van der Waals surface area contributed by atoms with Crippen LogP contribution in [-0.4, -0.2) is 57.3 Å². The minimum atomic E-state index is 0. The summed E-state index contributed by atoms with van der Waals surface area (Å²) in [7, 11) is 3.64. The number of halogens is 1. The quantitative estimate of drug-likeness (QED) is 0.679. The third-order valence-corrected chi connectivity index (χ3v) is 4.57. The molecule has 2 rings (SSSR count). The van der Waals surface area contributed by atoms with Gasteiger partial charge in [-0.15, -0.1) is 12.4 Å². The zero-order chi connectivity index (χ0) is 17.2. The van der Waals surface area contributed by atoms with Crippen LogP contribution >= 0.6 is 12.4 Å². The molecule has 0 aromatic heterocycles. The van der Waals surface area contributed by atoms with Gasteiger partial charge in [0.05, 0.1) is 13.2 Å². The van der Waals surface area contributed by atoms with E-state index >= 15 is 0 Å². The van der Waals surface area contributed by atoms with Gasteiger partial charge in [0, 0.05) is 26.6 Å². The van der Waals surface area contributed by atoms with Crippen molar-refractivity contribution in [2.45, 2.75) is 38.1 Å². The van der Waals surface area contributed by atoms with Crippen molar-refractivity contribution in [2.75, 3.05) is 40.5 Å². The molecule has 1 aromatic carbocycles. The first-order valence-electron chi connectivity index (χ1n) is 8.87. The molecule has 1 aliphatic rings. The number of rotatable bonds is 9. The summed E-state index contributed by atoms with van der Waals surface area (Å²) in [5.41, 5.74) is 1.24. The van der Waals surface area contributed by atoms with Crippen LogP contribution in [-0.2, 0) is 16.0 Å². The Hall–Kier alpha value is -1.30. The molecule has 0 bridgehead atoms. The van der Waals surface area contributed by atoms with Crippen molar-refractivity contribution < 1.29 is 14.3 Å². The van der Waals surface area contributed by atoms with Crippen molar-refractivity contribution in [1.29, 1.82) is 0 Å². The molecule has 1 amide bonds. The average molecular weight is 371 g/mol. The Kier molecular flexibility index (Phi) is 10.5. The van der Waals surface area contributed by atoms with Crippen molar-refractivity contribution >= 4 is 18.3 Å².